The van der Waals surface area contributed by atoms with Crippen molar-refractivity contribution >= 4 is 6.29 Å². The Morgan fingerprint density at radius 1 is 0.900 bits per heavy atom. The molecule has 4 nitrogen and oxygen atoms in total. The monoisotopic (exact) mass is 272 g/mol. The Balaban J connectivity index is 2.59. The van der Waals surface area contributed by atoms with Gasteiger partial charge in [0.05, 0.1) is 26.9 Å². The van der Waals surface area contributed by atoms with Crippen LogP contribution in [0.4, 0.5) is 0 Å². The topological polar surface area (TPSA) is 44.8 Å². The van der Waals surface area contributed by atoms with Crippen molar-refractivity contribution in [3.8, 4) is 28.4 Å². The van der Waals surface area contributed by atoms with Crippen molar-refractivity contribution in [2.75, 3.05) is 21.3 Å². The lowest BCUT2D eigenvalue weighted by Gasteiger charge is -2.12. The average Bonchev–Trinajstić information content (AvgIpc) is 2.53. The Labute approximate surface area is 117 Å². The minimum absolute atomic E-state index is 0.439. The van der Waals surface area contributed by atoms with Crippen LogP contribution in [-0.4, -0.2) is 27.6 Å². The molecule has 0 spiro atoms. The molecule has 0 bridgehead atoms. The highest BCUT2D eigenvalue weighted by molar-refractivity contribution is 5.85. The molecule has 0 unspecified atom stereocenters. The van der Waals surface area contributed by atoms with Crippen LogP contribution >= 0.6 is 0 Å². The number of benzene rings is 2. The third-order valence-corrected chi connectivity index (χ3v) is 3.04. The van der Waals surface area contributed by atoms with Gasteiger partial charge in [0.1, 0.15) is 5.75 Å². The summed E-state index contributed by atoms with van der Waals surface area (Å²) < 4.78 is 15.7. The molecular weight excluding hydrogens is 256 g/mol. The normalized spacial score (nSPS) is 9.95. The summed E-state index contributed by atoms with van der Waals surface area (Å²) in [5, 5.41) is 0. The molecule has 0 saturated carbocycles. The summed E-state index contributed by atoms with van der Waals surface area (Å²) in [5.41, 5.74) is 2.25. The third-order valence-electron chi connectivity index (χ3n) is 3.04. The zero-order chi connectivity index (χ0) is 14.5. The van der Waals surface area contributed by atoms with Crippen molar-refractivity contribution in [3.63, 3.8) is 0 Å². The molecule has 0 fully saturated rings. The molecule has 0 radical (unpaired) electrons. The maximum atomic E-state index is 11.2. The van der Waals surface area contributed by atoms with Gasteiger partial charge in [0.25, 0.3) is 0 Å². The van der Waals surface area contributed by atoms with E-state index >= 15 is 0 Å². The van der Waals surface area contributed by atoms with Crippen molar-refractivity contribution in [1.82, 2.24) is 0 Å². The van der Waals surface area contributed by atoms with E-state index in [0.717, 1.165) is 23.2 Å². The lowest BCUT2D eigenvalue weighted by Crippen LogP contribution is -1.96. The van der Waals surface area contributed by atoms with Gasteiger partial charge in [-0.1, -0.05) is 12.1 Å². The first-order valence-corrected chi connectivity index (χ1v) is 6.09. The number of carbonyl (C=O) groups excluding carboxylic acids is 1. The van der Waals surface area contributed by atoms with E-state index in [4.69, 9.17) is 14.2 Å². The van der Waals surface area contributed by atoms with Gasteiger partial charge in [-0.3, -0.25) is 4.79 Å². The Hall–Kier alpha value is -2.49. The van der Waals surface area contributed by atoms with E-state index in [1.54, 1.807) is 20.3 Å². The molecule has 0 aliphatic heterocycles. The minimum atomic E-state index is 0.439. The fraction of sp³-hybridized carbons (Fsp3) is 0.188. The van der Waals surface area contributed by atoms with Gasteiger partial charge >= 0.3 is 0 Å². The highest BCUT2D eigenvalue weighted by Gasteiger charge is 2.13. The molecule has 0 aromatic heterocycles. The largest absolute Gasteiger partial charge is 0.497 e. The van der Waals surface area contributed by atoms with Crippen LogP contribution in [0.15, 0.2) is 36.4 Å². The Morgan fingerprint density at radius 3 is 2.30 bits per heavy atom. The standard InChI is InChI=1S/C16H16O4/c1-18-14-6-4-5-11(8-14)12-7-13(10-17)16(20-3)15(9-12)19-2/h4-10H,1-3H3. The molecule has 0 saturated heterocycles. The van der Waals surface area contributed by atoms with Crippen LogP contribution in [0.1, 0.15) is 10.4 Å². The van der Waals surface area contributed by atoms with E-state index in [9.17, 15) is 4.79 Å². The van der Waals surface area contributed by atoms with Gasteiger partial charge in [0.2, 0.25) is 0 Å². The number of methoxy groups -OCH3 is 3. The van der Waals surface area contributed by atoms with E-state index in [0.29, 0.717) is 17.1 Å². The van der Waals surface area contributed by atoms with Crippen molar-refractivity contribution in [2.45, 2.75) is 0 Å². The van der Waals surface area contributed by atoms with Gasteiger partial charge in [-0.25, -0.2) is 0 Å². The number of aldehydes is 1. The first-order valence-electron chi connectivity index (χ1n) is 6.09. The van der Waals surface area contributed by atoms with Crippen molar-refractivity contribution in [3.05, 3.63) is 42.0 Å². The van der Waals surface area contributed by atoms with E-state index in [-0.39, 0.29) is 0 Å². The van der Waals surface area contributed by atoms with Crippen molar-refractivity contribution in [2.24, 2.45) is 0 Å². The lowest BCUT2D eigenvalue weighted by molar-refractivity contribution is 0.112. The smallest absolute Gasteiger partial charge is 0.171 e. The number of hydrogen-bond donors (Lipinski definition) is 0. The molecule has 0 atom stereocenters. The van der Waals surface area contributed by atoms with Gasteiger partial charge in [0, 0.05) is 0 Å². The minimum Gasteiger partial charge on any atom is -0.497 e. The van der Waals surface area contributed by atoms with Crippen LogP contribution in [0.3, 0.4) is 0 Å². The van der Waals surface area contributed by atoms with Gasteiger partial charge in [-0.05, 0) is 35.4 Å². The first-order chi connectivity index (χ1) is 9.73. The van der Waals surface area contributed by atoms with Crippen molar-refractivity contribution in [1.29, 1.82) is 0 Å². The van der Waals surface area contributed by atoms with Crippen LogP contribution in [0.5, 0.6) is 17.2 Å². The summed E-state index contributed by atoms with van der Waals surface area (Å²) in [6, 6.07) is 11.2. The predicted octanol–water partition coefficient (Wildman–Crippen LogP) is 3.19. The zero-order valence-corrected chi connectivity index (χ0v) is 11.7. The average molecular weight is 272 g/mol. The van der Waals surface area contributed by atoms with Crippen LogP contribution < -0.4 is 14.2 Å². The van der Waals surface area contributed by atoms with E-state index in [2.05, 4.69) is 0 Å². The molecule has 0 aliphatic rings. The predicted molar refractivity (Wildman–Crippen MR) is 76.9 cm³/mol. The summed E-state index contributed by atoms with van der Waals surface area (Å²) in [7, 11) is 4.67. The van der Waals surface area contributed by atoms with Gasteiger partial charge in [-0.2, -0.15) is 0 Å². The second kappa shape index (κ2) is 6.10. The molecule has 0 heterocycles. The van der Waals surface area contributed by atoms with E-state index < -0.39 is 0 Å². The maximum absolute atomic E-state index is 11.2. The molecule has 0 amide bonds. The molecular formula is C16H16O4. The number of ether oxygens (including phenoxy) is 3. The van der Waals surface area contributed by atoms with Gasteiger partial charge in [-0.15, -0.1) is 0 Å². The maximum Gasteiger partial charge on any atom is 0.171 e. The lowest BCUT2D eigenvalue weighted by atomic mass is 10.0. The van der Waals surface area contributed by atoms with Crippen LogP contribution in [0.25, 0.3) is 11.1 Å². The van der Waals surface area contributed by atoms with Crippen LogP contribution in [0.2, 0.25) is 0 Å². The second-order valence-corrected chi connectivity index (χ2v) is 4.15. The molecule has 2 rings (SSSR count). The molecule has 2 aromatic rings. The van der Waals surface area contributed by atoms with Gasteiger partial charge in [0.15, 0.2) is 17.8 Å². The highest BCUT2D eigenvalue weighted by Crippen LogP contribution is 2.36. The molecule has 0 N–H and O–H groups in total. The van der Waals surface area contributed by atoms with Gasteiger partial charge < -0.3 is 14.2 Å². The number of hydrogen-bond acceptors (Lipinski definition) is 4. The molecule has 104 valence electrons. The Bertz CT molecular complexity index is 620. The van der Waals surface area contributed by atoms with E-state index in [1.165, 1.54) is 7.11 Å². The Morgan fingerprint density at radius 2 is 1.70 bits per heavy atom. The first kappa shape index (κ1) is 13.9. The summed E-state index contributed by atoms with van der Waals surface area (Å²) >= 11 is 0. The van der Waals surface area contributed by atoms with Crippen LogP contribution in [-0.2, 0) is 0 Å². The second-order valence-electron chi connectivity index (χ2n) is 4.15. The zero-order valence-electron chi connectivity index (χ0n) is 11.7. The fourth-order valence-corrected chi connectivity index (χ4v) is 2.05. The molecule has 4 heteroatoms. The number of carbonyl (C=O) groups is 1. The highest BCUT2D eigenvalue weighted by atomic mass is 16.5. The van der Waals surface area contributed by atoms with E-state index in [1.807, 2.05) is 30.3 Å². The molecule has 0 aliphatic carbocycles. The quantitative estimate of drug-likeness (QED) is 0.784. The van der Waals surface area contributed by atoms with Crippen molar-refractivity contribution < 1.29 is 19.0 Å². The summed E-state index contributed by atoms with van der Waals surface area (Å²) in [6.07, 6.45) is 0.755. The summed E-state index contributed by atoms with van der Waals surface area (Å²) in [4.78, 5) is 11.2. The molecule has 20 heavy (non-hydrogen) atoms. The summed E-state index contributed by atoms with van der Waals surface area (Å²) in [6.45, 7) is 0. The Kier molecular flexibility index (Phi) is 4.25. The van der Waals surface area contributed by atoms with Crippen LogP contribution in [0, 0.1) is 0 Å². The summed E-state index contributed by atoms with van der Waals surface area (Å²) in [5.74, 6) is 1.72. The SMILES string of the molecule is COc1cccc(-c2cc(C=O)c(OC)c(OC)c2)c1. The number of rotatable bonds is 5. The third kappa shape index (κ3) is 2.59. The molecule has 2 aromatic carbocycles. The fourth-order valence-electron chi connectivity index (χ4n) is 2.05.